The molecule has 29 heavy (non-hydrogen) atoms. The number of fused-ring (bicyclic) bond motifs is 2. The van der Waals surface area contributed by atoms with E-state index in [0.717, 1.165) is 35.0 Å². The first-order chi connectivity index (χ1) is 14.2. The zero-order chi connectivity index (χ0) is 19.8. The fraction of sp³-hybridized carbons (Fsp3) is 0.130. The van der Waals surface area contributed by atoms with Gasteiger partial charge in [-0.25, -0.2) is 9.97 Å². The van der Waals surface area contributed by atoms with Crippen molar-refractivity contribution in [2.24, 2.45) is 0 Å². The highest BCUT2D eigenvalue weighted by Crippen LogP contribution is 2.35. The molecule has 3 aromatic heterocycles. The summed E-state index contributed by atoms with van der Waals surface area (Å²) < 4.78 is 2.11. The van der Waals surface area contributed by atoms with Crippen LogP contribution in [0.1, 0.15) is 10.4 Å². The predicted molar refractivity (Wildman–Crippen MR) is 122 cm³/mol. The third-order valence-electron chi connectivity index (χ3n) is 4.97. The molecule has 6 heteroatoms. The van der Waals surface area contributed by atoms with Crippen molar-refractivity contribution in [2.45, 2.75) is 6.42 Å². The number of nitrogens with zero attached hydrogens (tertiary/aromatic N) is 4. The van der Waals surface area contributed by atoms with E-state index in [1.165, 1.54) is 15.3 Å². The van der Waals surface area contributed by atoms with Gasteiger partial charge >= 0.3 is 0 Å². The van der Waals surface area contributed by atoms with Crippen LogP contribution in [0.2, 0.25) is 0 Å². The average molecular weight is 400 g/mol. The smallest absolute Gasteiger partial charge is 0.180 e. The number of allylic oxidation sites excluding steroid dienone is 3. The Hall–Kier alpha value is -3.38. The lowest BCUT2D eigenvalue weighted by Gasteiger charge is -2.14. The molecule has 0 saturated carbocycles. The summed E-state index contributed by atoms with van der Waals surface area (Å²) in [6.45, 7) is 0. The van der Waals surface area contributed by atoms with Crippen LogP contribution in [-0.2, 0) is 6.42 Å². The molecule has 5 rings (SSSR count). The topological polar surface area (TPSA) is 45.5 Å². The Balaban J connectivity index is 1.53. The largest absolute Gasteiger partial charge is 0.378 e. The zero-order valence-corrected chi connectivity index (χ0v) is 17.1. The molecule has 1 N–H and O–H groups in total. The summed E-state index contributed by atoms with van der Waals surface area (Å²) in [6, 6.07) is 10.5. The number of imidazole rings is 1. The summed E-state index contributed by atoms with van der Waals surface area (Å²) in [5, 5.41) is 3.43. The number of benzene rings is 1. The summed E-state index contributed by atoms with van der Waals surface area (Å²) in [6.07, 6.45) is 15.3. The van der Waals surface area contributed by atoms with Crippen molar-refractivity contribution in [1.29, 1.82) is 0 Å². The third-order valence-corrected chi connectivity index (χ3v) is 6.17. The standard InChI is InChI=1S/C23H21N5S/c1-27(2)18-9-6-8-17(14-18)26-22-23-25-15-19(28(23)12-11-24-22)21-13-16-7-4-3-5-10-20(16)29-21/h3-9,11-15H,10H2,1-2H3,(H,24,26). The molecule has 1 aliphatic carbocycles. The van der Waals surface area contributed by atoms with E-state index in [1.807, 2.05) is 56.2 Å². The summed E-state index contributed by atoms with van der Waals surface area (Å²) in [5.41, 5.74) is 5.31. The first kappa shape index (κ1) is 17.7. The lowest BCUT2D eigenvalue weighted by Crippen LogP contribution is -2.08. The molecular weight excluding hydrogens is 378 g/mol. The zero-order valence-electron chi connectivity index (χ0n) is 16.3. The van der Waals surface area contributed by atoms with Gasteiger partial charge in [0.25, 0.3) is 0 Å². The van der Waals surface area contributed by atoms with Crippen molar-refractivity contribution in [2.75, 3.05) is 24.3 Å². The number of anilines is 3. The highest BCUT2D eigenvalue weighted by molar-refractivity contribution is 7.15. The van der Waals surface area contributed by atoms with Gasteiger partial charge in [-0.3, -0.25) is 4.40 Å². The molecule has 1 aliphatic rings. The van der Waals surface area contributed by atoms with Crippen molar-refractivity contribution < 1.29 is 0 Å². The fourth-order valence-electron chi connectivity index (χ4n) is 3.47. The van der Waals surface area contributed by atoms with Crippen molar-refractivity contribution in [3.8, 4) is 10.6 Å². The summed E-state index contributed by atoms with van der Waals surface area (Å²) in [5.74, 6) is 0.746. The minimum absolute atomic E-state index is 0.746. The minimum atomic E-state index is 0.746. The number of hydrogen-bond acceptors (Lipinski definition) is 5. The Morgan fingerprint density at radius 1 is 1.14 bits per heavy atom. The van der Waals surface area contributed by atoms with E-state index in [0.29, 0.717) is 0 Å². The number of nitrogens with one attached hydrogen (secondary N) is 1. The van der Waals surface area contributed by atoms with E-state index in [4.69, 9.17) is 0 Å². The van der Waals surface area contributed by atoms with E-state index in [9.17, 15) is 0 Å². The first-order valence-electron chi connectivity index (χ1n) is 9.52. The van der Waals surface area contributed by atoms with Gasteiger partial charge in [0.15, 0.2) is 11.5 Å². The van der Waals surface area contributed by atoms with Gasteiger partial charge in [-0.2, -0.15) is 0 Å². The van der Waals surface area contributed by atoms with Gasteiger partial charge in [0.2, 0.25) is 0 Å². The summed E-state index contributed by atoms with van der Waals surface area (Å²) in [4.78, 5) is 13.9. The minimum Gasteiger partial charge on any atom is -0.378 e. The molecule has 0 fully saturated rings. The second kappa shape index (κ2) is 7.22. The molecule has 0 radical (unpaired) electrons. The van der Waals surface area contributed by atoms with Crippen LogP contribution < -0.4 is 10.2 Å². The van der Waals surface area contributed by atoms with Crippen LogP contribution in [-0.4, -0.2) is 28.5 Å². The normalized spacial score (nSPS) is 12.8. The second-order valence-electron chi connectivity index (χ2n) is 7.16. The molecule has 3 heterocycles. The number of thiophene rings is 1. The van der Waals surface area contributed by atoms with Crippen LogP contribution in [0.25, 0.3) is 22.3 Å². The Kier molecular flexibility index (Phi) is 4.41. The summed E-state index contributed by atoms with van der Waals surface area (Å²) in [7, 11) is 4.07. The van der Waals surface area contributed by atoms with E-state index in [1.54, 1.807) is 0 Å². The molecular formula is C23H21N5S. The van der Waals surface area contributed by atoms with Gasteiger partial charge in [0, 0.05) is 49.2 Å². The number of aromatic nitrogens is 3. The molecule has 144 valence electrons. The van der Waals surface area contributed by atoms with Crippen LogP contribution in [0.3, 0.4) is 0 Å². The highest BCUT2D eigenvalue weighted by Gasteiger charge is 2.15. The molecule has 0 atom stereocenters. The molecule has 0 unspecified atom stereocenters. The molecule has 0 saturated heterocycles. The maximum atomic E-state index is 4.68. The maximum Gasteiger partial charge on any atom is 0.180 e. The maximum absolute atomic E-state index is 4.68. The molecule has 4 aromatic rings. The molecule has 0 spiro atoms. The first-order valence-corrected chi connectivity index (χ1v) is 10.3. The predicted octanol–water partition coefficient (Wildman–Crippen LogP) is 5.39. The van der Waals surface area contributed by atoms with Gasteiger partial charge in [0.1, 0.15) is 0 Å². The van der Waals surface area contributed by atoms with Crippen molar-refractivity contribution in [3.63, 3.8) is 0 Å². The SMILES string of the molecule is CN(C)c1cccc(Nc2nccn3c(-c4cc5c(s4)CC=CC=C5)cnc23)c1. The Labute approximate surface area is 173 Å². The number of hydrogen-bond donors (Lipinski definition) is 1. The average Bonchev–Trinajstić information content (AvgIpc) is 3.27. The van der Waals surface area contributed by atoms with Gasteiger partial charge in [-0.1, -0.05) is 30.4 Å². The van der Waals surface area contributed by atoms with E-state index < -0.39 is 0 Å². The van der Waals surface area contributed by atoms with Crippen molar-refractivity contribution in [3.05, 3.63) is 77.6 Å². The molecule has 0 amide bonds. The van der Waals surface area contributed by atoms with Crippen LogP contribution in [0.4, 0.5) is 17.2 Å². The van der Waals surface area contributed by atoms with Crippen LogP contribution >= 0.6 is 11.3 Å². The van der Waals surface area contributed by atoms with Crippen molar-refractivity contribution in [1.82, 2.24) is 14.4 Å². The van der Waals surface area contributed by atoms with E-state index in [2.05, 4.69) is 67.1 Å². The van der Waals surface area contributed by atoms with Crippen LogP contribution in [0.15, 0.2) is 67.2 Å². The van der Waals surface area contributed by atoms with Gasteiger partial charge in [-0.05, 0) is 29.8 Å². The second-order valence-corrected chi connectivity index (χ2v) is 8.30. The van der Waals surface area contributed by atoms with Crippen molar-refractivity contribution >= 4 is 40.3 Å². The van der Waals surface area contributed by atoms with Gasteiger partial charge in [0.05, 0.1) is 16.8 Å². The van der Waals surface area contributed by atoms with Gasteiger partial charge < -0.3 is 10.2 Å². The molecule has 5 nitrogen and oxygen atoms in total. The van der Waals surface area contributed by atoms with E-state index in [-0.39, 0.29) is 0 Å². The number of rotatable bonds is 4. The van der Waals surface area contributed by atoms with Gasteiger partial charge in [-0.15, -0.1) is 11.3 Å². The summed E-state index contributed by atoms with van der Waals surface area (Å²) >= 11 is 1.83. The third kappa shape index (κ3) is 3.32. The fourth-order valence-corrected chi connectivity index (χ4v) is 4.60. The van der Waals surface area contributed by atoms with Crippen LogP contribution in [0, 0.1) is 0 Å². The lowest BCUT2D eigenvalue weighted by atomic mass is 10.2. The monoisotopic (exact) mass is 399 g/mol. The molecule has 1 aromatic carbocycles. The van der Waals surface area contributed by atoms with E-state index >= 15 is 0 Å². The van der Waals surface area contributed by atoms with Crippen LogP contribution in [0.5, 0.6) is 0 Å². The molecule has 0 bridgehead atoms. The quantitative estimate of drug-likeness (QED) is 0.500. The Morgan fingerprint density at radius 3 is 2.97 bits per heavy atom. The Bertz CT molecular complexity index is 1250. The molecule has 0 aliphatic heterocycles. The lowest BCUT2D eigenvalue weighted by molar-refractivity contribution is 1.12. The highest BCUT2D eigenvalue weighted by atomic mass is 32.1. The Morgan fingerprint density at radius 2 is 2.07 bits per heavy atom.